The topological polar surface area (TPSA) is 43.2 Å². The lowest BCUT2D eigenvalue weighted by Gasteiger charge is -2.33. The molecule has 19 heavy (non-hydrogen) atoms. The van der Waals surface area contributed by atoms with E-state index in [9.17, 15) is 0 Å². The molecule has 102 valence electrons. The van der Waals surface area contributed by atoms with Gasteiger partial charge in [0.25, 0.3) is 0 Å². The van der Waals surface area contributed by atoms with Crippen molar-refractivity contribution >= 4 is 11.0 Å². The number of aromatic nitrogens is 3. The quantitative estimate of drug-likeness (QED) is 0.845. The van der Waals surface area contributed by atoms with E-state index >= 15 is 0 Å². The maximum atomic E-state index is 5.98. The Kier molecular flexibility index (Phi) is 3.48. The number of ether oxygens (including phenoxy) is 1. The van der Waals surface area contributed by atoms with Crippen molar-refractivity contribution in [2.45, 2.75) is 19.1 Å². The minimum atomic E-state index is 0.00329. The van der Waals surface area contributed by atoms with Gasteiger partial charge in [0.1, 0.15) is 5.52 Å². The smallest absolute Gasteiger partial charge is 0.156 e. The average Bonchev–Trinajstić information content (AvgIpc) is 2.82. The highest BCUT2D eigenvalue weighted by atomic mass is 16.5. The van der Waals surface area contributed by atoms with Crippen LogP contribution in [0.15, 0.2) is 24.3 Å². The number of para-hydroxylation sites is 1. The van der Waals surface area contributed by atoms with Crippen molar-refractivity contribution < 1.29 is 4.74 Å². The van der Waals surface area contributed by atoms with E-state index in [1.807, 2.05) is 22.9 Å². The number of rotatable bonds is 3. The molecule has 2 atom stereocenters. The fourth-order valence-electron chi connectivity index (χ4n) is 2.82. The Bertz CT molecular complexity index is 551. The fraction of sp³-hybridized carbons (Fsp3) is 0.571. The van der Waals surface area contributed by atoms with Gasteiger partial charge >= 0.3 is 0 Å². The summed E-state index contributed by atoms with van der Waals surface area (Å²) >= 11 is 0. The van der Waals surface area contributed by atoms with Crippen LogP contribution in [0.2, 0.25) is 0 Å². The Morgan fingerprint density at radius 3 is 3.05 bits per heavy atom. The first kappa shape index (κ1) is 12.6. The molecule has 0 amide bonds. The zero-order valence-corrected chi connectivity index (χ0v) is 11.5. The molecule has 1 fully saturated rings. The third-order valence-corrected chi connectivity index (χ3v) is 3.63. The lowest BCUT2D eigenvalue weighted by atomic mass is 9.98. The van der Waals surface area contributed by atoms with E-state index in [4.69, 9.17) is 4.74 Å². The highest BCUT2D eigenvalue weighted by Crippen LogP contribution is 2.31. The van der Waals surface area contributed by atoms with Gasteiger partial charge in [0, 0.05) is 19.1 Å². The molecule has 2 heterocycles. The van der Waals surface area contributed by atoms with Gasteiger partial charge in [-0.1, -0.05) is 17.3 Å². The van der Waals surface area contributed by atoms with Crippen molar-refractivity contribution in [2.75, 3.05) is 27.2 Å². The Morgan fingerprint density at radius 1 is 1.37 bits per heavy atom. The highest BCUT2D eigenvalue weighted by Gasteiger charge is 2.29. The molecule has 0 bridgehead atoms. The van der Waals surface area contributed by atoms with E-state index in [0.717, 1.165) is 30.6 Å². The first-order chi connectivity index (χ1) is 9.25. The molecule has 0 spiro atoms. The van der Waals surface area contributed by atoms with E-state index in [2.05, 4.69) is 35.4 Å². The Morgan fingerprint density at radius 2 is 2.21 bits per heavy atom. The lowest BCUT2D eigenvalue weighted by Crippen LogP contribution is -2.34. The number of fused-ring (bicyclic) bond motifs is 1. The molecule has 0 aliphatic carbocycles. The summed E-state index contributed by atoms with van der Waals surface area (Å²) in [4.78, 5) is 2.21. The minimum absolute atomic E-state index is 0.00329. The molecular weight excluding hydrogens is 240 g/mol. The molecule has 5 nitrogen and oxygen atoms in total. The van der Waals surface area contributed by atoms with Gasteiger partial charge in [-0.2, -0.15) is 0 Å². The Labute approximate surface area is 113 Å². The molecule has 3 rings (SSSR count). The van der Waals surface area contributed by atoms with Crippen LogP contribution in [0.4, 0.5) is 0 Å². The van der Waals surface area contributed by atoms with Crippen LogP contribution in [0.3, 0.4) is 0 Å². The summed E-state index contributed by atoms with van der Waals surface area (Å²) < 4.78 is 7.92. The molecule has 1 saturated heterocycles. The molecule has 0 N–H and O–H groups in total. The molecule has 2 unspecified atom stereocenters. The van der Waals surface area contributed by atoms with Crippen molar-refractivity contribution in [1.82, 2.24) is 19.9 Å². The fourth-order valence-corrected chi connectivity index (χ4v) is 2.82. The van der Waals surface area contributed by atoms with Crippen molar-refractivity contribution in [3.05, 3.63) is 24.3 Å². The van der Waals surface area contributed by atoms with Gasteiger partial charge in [-0.15, -0.1) is 5.10 Å². The van der Waals surface area contributed by atoms with Gasteiger partial charge in [-0.05, 0) is 39.1 Å². The monoisotopic (exact) mass is 260 g/mol. The van der Waals surface area contributed by atoms with Crippen molar-refractivity contribution in [1.29, 1.82) is 0 Å². The maximum absolute atomic E-state index is 5.98. The summed E-state index contributed by atoms with van der Waals surface area (Å²) in [6.07, 6.45) is 2.31. The summed E-state index contributed by atoms with van der Waals surface area (Å²) in [7, 11) is 4.20. The number of benzene rings is 1. The SMILES string of the molecule is CN(C)CC1CCCOC1n1nnc2ccccc21. The van der Waals surface area contributed by atoms with E-state index in [0.29, 0.717) is 5.92 Å². The summed E-state index contributed by atoms with van der Waals surface area (Å²) in [5.74, 6) is 0.467. The van der Waals surface area contributed by atoms with Gasteiger partial charge in [0.05, 0.1) is 5.52 Å². The van der Waals surface area contributed by atoms with Crippen LogP contribution in [-0.2, 0) is 4.74 Å². The predicted octanol–water partition coefficient (Wildman–Crippen LogP) is 1.92. The van der Waals surface area contributed by atoms with Crippen LogP contribution in [-0.4, -0.2) is 47.1 Å². The molecule has 1 aromatic heterocycles. The molecule has 1 aliphatic heterocycles. The first-order valence-electron chi connectivity index (χ1n) is 6.82. The second kappa shape index (κ2) is 5.27. The van der Waals surface area contributed by atoms with E-state index < -0.39 is 0 Å². The van der Waals surface area contributed by atoms with Crippen LogP contribution in [0.25, 0.3) is 11.0 Å². The van der Waals surface area contributed by atoms with Crippen LogP contribution in [0, 0.1) is 5.92 Å². The van der Waals surface area contributed by atoms with E-state index in [-0.39, 0.29) is 6.23 Å². The van der Waals surface area contributed by atoms with Crippen molar-refractivity contribution in [2.24, 2.45) is 5.92 Å². The minimum Gasteiger partial charge on any atom is -0.356 e. The highest BCUT2D eigenvalue weighted by molar-refractivity contribution is 5.73. The Hall–Kier alpha value is -1.46. The second-order valence-corrected chi connectivity index (χ2v) is 5.45. The van der Waals surface area contributed by atoms with E-state index in [1.54, 1.807) is 0 Å². The normalized spacial score (nSPS) is 24.2. The van der Waals surface area contributed by atoms with Crippen LogP contribution in [0.1, 0.15) is 19.1 Å². The van der Waals surface area contributed by atoms with E-state index in [1.165, 1.54) is 6.42 Å². The summed E-state index contributed by atoms with van der Waals surface area (Å²) in [5.41, 5.74) is 1.98. The summed E-state index contributed by atoms with van der Waals surface area (Å²) in [5, 5.41) is 8.53. The third kappa shape index (κ3) is 2.48. The van der Waals surface area contributed by atoms with Crippen LogP contribution in [0.5, 0.6) is 0 Å². The molecule has 2 aromatic rings. The first-order valence-corrected chi connectivity index (χ1v) is 6.82. The maximum Gasteiger partial charge on any atom is 0.156 e. The lowest BCUT2D eigenvalue weighted by molar-refractivity contribution is -0.0842. The zero-order valence-electron chi connectivity index (χ0n) is 11.5. The summed E-state index contributed by atoms with van der Waals surface area (Å²) in [6, 6.07) is 8.05. The van der Waals surface area contributed by atoms with Gasteiger partial charge < -0.3 is 9.64 Å². The molecule has 1 aliphatic rings. The standard InChI is InChI=1S/C14H20N4O/c1-17(2)10-11-6-5-9-19-14(11)18-13-8-4-3-7-12(13)15-16-18/h3-4,7-8,11,14H,5-6,9-10H2,1-2H3. The molecule has 0 radical (unpaired) electrons. The molecular formula is C14H20N4O. The number of hydrogen-bond donors (Lipinski definition) is 0. The van der Waals surface area contributed by atoms with Gasteiger partial charge in [-0.25, -0.2) is 4.68 Å². The van der Waals surface area contributed by atoms with Crippen LogP contribution < -0.4 is 0 Å². The third-order valence-electron chi connectivity index (χ3n) is 3.63. The van der Waals surface area contributed by atoms with Gasteiger partial charge in [0.2, 0.25) is 0 Å². The van der Waals surface area contributed by atoms with Gasteiger partial charge in [0.15, 0.2) is 6.23 Å². The zero-order chi connectivity index (χ0) is 13.2. The van der Waals surface area contributed by atoms with Gasteiger partial charge in [-0.3, -0.25) is 0 Å². The van der Waals surface area contributed by atoms with Crippen molar-refractivity contribution in [3.8, 4) is 0 Å². The predicted molar refractivity (Wildman–Crippen MR) is 73.8 cm³/mol. The second-order valence-electron chi connectivity index (χ2n) is 5.45. The average molecular weight is 260 g/mol. The molecule has 5 heteroatoms. The summed E-state index contributed by atoms with van der Waals surface area (Å²) in [6.45, 7) is 1.82. The Balaban J connectivity index is 1.93. The number of hydrogen-bond acceptors (Lipinski definition) is 4. The molecule has 1 aromatic carbocycles. The van der Waals surface area contributed by atoms with Crippen LogP contribution >= 0.6 is 0 Å². The molecule has 0 saturated carbocycles. The van der Waals surface area contributed by atoms with Crippen molar-refractivity contribution in [3.63, 3.8) is 0 Å². The largest absolute Gasteiger partial charge is 0.356 e. The number of nitrogens with zero attached hydrogens (tertiary/aromatic N) is 4.